The van der Waals surface area contributed by atoms with Gasteiger partial charge in [-0.05, 0) is 81.0 Å². The van der Waals surface area contributed by atoms with Gasteiger partial charge in [0.25, 0.3) is 0 Å². The number of rotatable bonds is 10. The van der Waals surface area contributed by atoms with Crippen LogP contribution in [0.2, 0.25) is 0 Å². The van der Waals surface area contributed by atoms with Crippen LogP contribution in [0.5, 0.6) is 5.75 Å². The summed E-state index contributed by atoms with van der Waals surface area (Å²) in [6.07, 6.45) is 10.5. The molecular formula is C26H36O2. The Labute approximate surface area is 171 Å². The maximum Gasteiger partial charge on any atom is 0.119 e. The van der Waals surface area contributed by atoms with Gasteiger partial charge in [-0.15, -0.1) is 0 Å². The Morgan fingerprint density at radius 1 is 0.714 bits per heavy atom. The van der Waals surface area contributed by atoms with E-state index >= 15 is 0 Å². The first-order valence-electron chi connectivity index (χ1n) is 11.1. The maximum atomic E-state index is 6.03. The summed E-state index contributed by atoms with van der Waals surface area (Å²) in [5.74, 6) is 1.87. The van der Waals surface area contributed by atoms with E-state index < -0.39 is 0 Å². The molecule has 0 aromatic heterocycles. The second kappa shape index (κ2) is 11.3. The quantitative estimate of drug-likeness (QED) is 0.406. The van der Waals surface area contributed by atoms with Gasteiger partial charge in [0, 0.05) is 6.61 Å². The van der Waals surface area contributed by atoms with Crippen LogP contribution in [0.15, 0.2) is 48.5 Å². The molecule has 1 saturated carbocycles. The average molecular weight is 381 g/mol. The molecule has 1 aliphatic rings. The number of aryl methyl sites for hydroxylation is 1. The Bertz CT molecular complexity index is 667. The standard InChI is InChI=1S/C26H36O2/c1-21-7-11-23(12-8-21)24-13-17-26(18-14-24)28-20-6-4-3-5-19-27-25-15-9-22(2)10-16-25/h7-8,11-14,17-18,22,25H,3-6,9-10,15-16,19-20H2,1-2H3. The number of ether oxygens (including phenoxy) is 2. The number of hydrogen-bond donors (Lipinski definition) is 0. The number of hydrogen-bond acceptors (Lipinski definition) is 2. The smallest absolute Gasteiger partial charge is 0.119 e. The predicted octanol–water partition coefficient (Wildman–Crippen LogP) is 7.20. The Balaban J connectivity index is 1.24. The lowest BCUT2D eigenvalue weighted by Crippen LogP contribution is -2.20. The van der Waals surface area contributed by atoms with Gasteiger partial charge in [0.2, 0.25) is 0 Å². The van der Waals surface area contributed by atoms with Gasteiger partial charge in [0.15, 0.2) is 0 Å². The molecule has 0 N–H and O–H groups in total. The highest BCUT2D eigenvalue weighted by Crippen LogP contribution is 2.26. The maximum absolute atomic E-state index is 6.03. The molecule has 2 aromatic carbocycles. The van der Waals surface area contributed by atoms with Crippen molar-refractivity contribution in [3.05, 3.63) is 54.1 Å². The molecule has 152 valence electrons. The minimum absolute atomic E-state index is 0.530. The fourth-order valence-corrected chi connectivity index (χ4v) is 3.88. The van der Waals surface area contributed by atoms with Crippen LogP contribution in [0.1, 0.15) is 63.9 Å². The van der Waals surface area contributed by atoms with Crippen LogP contribution in [-0.4, -0.2) is 19.3 Å². The number of unbranched alkanes of at least 4 members (excludes halogenated alkanes) is 3. The van der Waals surface area contributed by atoms with E-state index in [1.165, 1.54) is 61.6 Å². The lowest BCUT2D eigenvalue weighted by Gasteiger charge is -2.26. The highest BCUT2D eigenvalue weighted by atomic mass is 16.5. The molecule has 28 heavy (non-hydrogen) atoms. The zero-order chi connectivity index (χ0) is 19.6. The lowest BCUT2D eigenvalue weighted by molar-refractivity contribution is 0.0178. The van der Waals surface area contributed by atoms with Gasteiger partial charge in [0.1, 0.15) is 5.75 Å². The number of benzene rings is 2. The molecule has 0 saturated heterocycles. The first-order valence-corrected chi connectivity index (χ1v) is 11.1. The molecule has 0 amide bonds. The Morgan fingerprint density at radius 3 is 1.93 bits per heavy atom. The first kappa shape index (κ1) is 20.9. The SMILES string of the molecule is Cc1ccc(-c2ccc(OCCCCCCOC3CCC(C)CC3)cc2)cc1. The summed E-state index contributed by atoms with van der Waals surface area (Å²) in [5, 5.41) is 0. The summed E-state index contributed by atoms with van der Waals surface area (Å²) >= 11 is 0. The van der Waals surface area contributed by atoms with Gasteiger partial charge >= 0.3 is 0 Å². The van der Waals surface area contributed by atoms with E-state index in [4.69, 9.17) is 9.47 Å². The molecule has 1 aliphatic carbocycles. The summed E-state index contributed by atoms with van der Waals surface area (Å²) in [4.78, 5) is 0. The van der Waals surface area contributed by atoms with Crippen molar-refractivity contribution in [2.75, 3.05) is 13.2 Å². The van der Waals surface area contributed by atoms with Crippen molar-refractivity contribution < 1.29 is 9.47 Å². The molecule has 0 atom stereocenters. The summed E-state index contributed by atoms with van der Waals surface area (Å²) in [6.45, 7) is 6.20. The molecule has 0 heterocycles. The first-order chi connectivity index (χ1) is 13.7. The molecule has 2 aromatic rings. The van der Waals surface area contributed by atoms with E-state index in [0.29, 0.717) is 6.10 Å². The molecule has 0 radical (unpaired) electrons. The minimum atomic E-state index is 0.530. The molecule has 0 aliphatic heterocycles. The van der Waals surface area contributed by atoms with Crippen molar-refractivity contribution in [3.63, 3.8) is 0 Å². The third kappa shape index (κ3) is 6.98. The zero-order valence-corrected chi connectivity index (χ0v) is 17.7. The second-order valence-corrected chi connectivity index (χ2v) is 8.41. The van der Waals surface area contributed by atoms with Crippen LogP contribution >= 0.6 is 0 Å². The normalized spacial score (nSPS) is 19.5. The molecule has 3 rings (SSSR count). The van der Waals surface area contributed by atoms with Crippen molar-refractivity contribution in [3.8, 4) is 16.9 Å². The average Bonchev–Trinajstić information content (AvgIpc) is 2.72. The van der Waals surface area contributed by atoms with Crippen LogP contribution in [0.3, 0.4) is 0 Å². The molecule has 0 bridgehead atoms. The van der Waals surface area contributed by atoms with Crippen molar-refractivity contribution in [2.24, 2.45) is 5.92 Å². The second-order valence-electron chi connectivity index (χ2n) is 8.41. The van der Waals surface area contributed by atoms with E-state index in [1.54, 1.807) is 0 Å². The highest BCUT2D eigenvalue weighted by molar-refractivity contribution is 5.64. The third-order valence-electron chi connectivity index (χ3n) is 5.86. The summed E-state index contributed by atoms with van der Waals surface area (Å²) in [5.41, 5.74) is 3.78. The molecule has 1 fully saturated rings. The van der Waals surface area contributed by atoms with Gasteiger partial charge in [-0.1, -0.05) is 55.3 Å². The van der Waals surface area contributed by atoms with Crippen LogP contribution in [0, 0.1) is 12.8 Å². The van der Waals surface area contributed by atoms with E-state index in [-0.39, 0.29) is 0 Å². The highest BCUT2D eigenvalue weighted by Gasteiger charge is 2.18. The van der Waals surface area contributed by atoms with Crippen LogP contribution < -0.4 is 4.74 Å². The van der Waals surface area contributed by atoms with Crippen molar-refractivity contribution in [2.45, 2.75) is 71.3 Å². The lowest BCUT2D eigenvalue weighted by atomic mass is 9.89. The summed E-state index contributed by atoms with van der Waals surface area (Å²) < 4.78 is 11.9. The van der Waals surface area contributed by atoms with E-state index in [1.807, 2.05) is 0 Å². The molecule has 2 heteroatoms. The predicted molar refractivity (Wildman–Crippen MR) is 118 cm³/mol. The van der Waals surface area contributed by atoms with Gasteiger partial charge < -0.3 is 9.47 Å². The minimum Gasteiger partial charge on any atom is -0.494 e. The Morgan fingerprint density at radius 2 is 1.29 bits per heavy atom. The largest absolute Gasteiger partial charge is 0.494 e. The summed E-state index contributed by atoms with van der Waals surface area (Å²) in [6, 6.07) is 17.1. The van der Waals surface area contributed by atoms with Crippen molar-refractivity contribution >= 4 is 0 Å². The topological polar surface area (TPSA) is 18.5 Å². The van der Waals surface area contributed by atoms with Crippen molar-refractivity contribution in [1.82, 2.24) is 0 Å². The van der Waals surface area contributed by atoms with E-state index in [9.17, 15) is 0 Å². The van der Waals surface area contributed by atoms with Gasteiger partial charge in [-0.25, -0.2) is 0 Å². The van der Waals surface area contributed by atoms with E-state index in [0.717, 1.165) is 31.3 Å². The van der Waals surface area contributed by atoms with E-state index in [2.05, 4.69) is 62.4 Å². The Hall–Kier alpha value is -1.80. The van der Waals surface area contributed by atoms with Crippen LogP contribution in [0.25, 0.3) is 11.1 Å². The Kier molecular flexibility index (Phi) is 8.42. The van der Waals surface area contributed by atoms with Crippen molar-refractivity contribution in [1.29, 1.82) is 0 Å². The van der Waals surface area contributed by atoms with Gasteiger partial charge in [-0.2, -0.15) is 0 Å². The van der Waals surface area contributed by atoms with Gasteiger partial charge in [0.05, 0.1) is 12.7 Å². The molecule has 0 unspecified atom stereocenters. The van der Waals surface area contributed by atoms with Crippen LogP contribution in [-0.2, 0) is 4.74 Å². The summed E-state index contributed by atoms with van der Waals surface area (Å²) in [7, 11) is 0. The molecule has 2 nitrogen and oxygen atoms in total. The monoisotopic (exact) mass is 380 g/mol. The fourth-order valence-electron chi connectivity index (χ4n) is 3.88. The third-order valence-corrected chi connectivity index (χ3v) is 5.86. The van der Waals surface area contributed by atoms with Gasteiger partial charge in [-0.3, -0.25) is 0 Å². The zero-order valence-electron chi connectivity index (χ0n) is 17.7. The van der Waals surface area contributed by atoms with Crippen LogP contribution in [0.4, 0.5) is 0 Å². The molecular weight excluding hydrogens is 344 g/mol. The fraction of sp³-hybridized carbons (Fsp3) is 0.538. The molecule has 0 spiro atoms.